The fourth-order valence-corrected chi connectivity index (χ4v) is 1.86. The summed E-state index contributed by atoms with van der Waals surface area (Å²) in [5.41, 5.74) is 1.35. The smallest absolute Gasteiger partial charge is 0.0644 e. The molecule has 0 heterocycles. The first-order valence-electron chi connectivity index (χ1n) is 5.57. The van der Waals surface area contributed by atoms with Crippen LogP contribution in [-0.4, -0.2) is 13.2 Å². The van der Waals surface area contributed by atoms with Gasteiger partial charge in [-0.2, -0.15) is 0 Å². The molecule has 0 aromatic heterocycles. The van der Waals surface area contributed by atoms with Crippen LogP contribution in [0, 0.1) is 0 Å². The maximum absolute atomic E-state index is 5.42. The van der Waals surface area contributed by atoms with Crippen molar-refractivity contribution < 1.29 is 4.74 Å². The summed E-state index contributed by atoms with van der Waals surface area (Å²) in [6, 6.07) is 14.9. The Morgan fingerprint density at radius 3 is 2.75 bits per heavy atom. The minimum absolute atomic E-state index is 0.630. The lowest BCUT2D eigenvalue weighted by Crippen LogP contribution is -1.98. The summed E-state index contributed by atoms with van der Waals surface area (Å²) < 4.78 is 5.42. The maximum atomic E-state index is 5.42. The molecule has 0 aliphatic heterocycles. The van der Waals surface area contributed by atoms with Gasteiger partial charge in [0.2, 0.25) is 0 Å². The van der Waals surface area contributed by atoms with E-state index in [0.29, 0.717) is 6.61 Å². The number of ether oxygens (including phenoxy) is 1. The van der Waals surface area contributed by atoms with Crippen LogP contribution >= 0.6 is 0 Å². The van der Waals surface area contributed by atoms with Crippen molar-refractivity contribution in [2.45, 2.75) is 6.42 Å². The molecule has 0 unspecified atom stereocenters. The van der Waals surface area contributed by atoms with E-state index in [0.717, 1.165) is 13.0 Å². The third kappa shape index (κ3) is 2.50. The molecule has 1 nitrogen and oxygen atoms in total. The Bertz CT molecular complexity index is 468. The molecule has 0 bridgehead atoms. The highest BCUT2D eigenvalue weighted by molar-refractivity contribution is 5.85. The van der Waals surface area contributed by atoms with Gasteiger partial charge >= 0.3 is 0 Å². The van der Waals surface area contributed by atoms with Crippen LogP contribution in [0.3, 0.4) is 0 Å². The summed E-state index contributed by atoms with van der Waals surface area (Å²) in [7, 11) is 0. The van der Waals surface area contributed by atoms with Gasteiger partial charge < -0.3 is 4.74 Å². The Kier molecular flexibility index (Phi) is 3.73. The van der Waals surface area contributed by atoms with Crippen molar-refractivity contribution in [1.82, 2.24) is 0 Å². The van der Waals surface area contributed by atoms with E-state index in [1.807, 2.05) is 0 Å². The van der Waals surface area contributed by atoms with Gasteiger partial charge in [-0.3, -0.25) is 0 Å². The minimum atomic E-state index is 0.630. The first-order valence-corrected chi connectivity index (χ1v) is 5.57. The quantitative estimate of drug-likeness (QED) is 0.543. The fourth-order valence-electron chi connectivity index (χ4n) is 1.86. The van der Waals surface area contributed by atoms with Crippen LogP contribution in [0.15, 0.2) is 55.1 Å². The standard InChI is InChI=1S/C15H16O/c1-2-11-16-12-10-14-8-5-7-13-6-3-4-9-15(13)14/h2-9H,1,10-12H2. The second-order valence-electron chi connectivity index (χ2n) is 3.75. The van der Waals surface area contributed by atoms with Crippen LogP contribution in [0.5, 0.6) is 0 Å². The first-order chi connectivity index (χ1) is 7.92. The third-order valence-electron chi connectivity index (χ3n) is 2.63. The Balaban J connectivity index is 2.14. The van der Waals surface area contributed by atoms with Crippen LogP contribution in [0.1, 0.15) is 5.56 Å². The molecule has 0 N–H and O–H groups in total. The number of benzene rings is 2. The Hall–Kier alpha value is -1.60. The molecule has 0 saturated heterocycles. The predicted molar refractivity (Wildman–Crippen MR) is 68.7 cm³/mol. The zero-order chi connectivity index (χ0) is 11.2. The lowest BCUT2D eigenvalue weighted by Gasteiger charge is -2.06. The molecule has 2 aromatic rings. The van der Waals surface area contributed by atoms with E-state index < -0.39 is 0 Å². The summed E-state index contributed by atoms with van der Waals surface area (Å²) in [5.74, 6) is 0. The van der Waals surface area contributed by atoms with Crippen LogP contribution in [0.2, 0.25) is 0 Å². The minimum Gasteiger partial charge on any atom is -0.377 e. The summed E-state index contributed by atoms with van der Waals surface area (Å²) in [6.45, 7) is 5.01. The highest BCUT2D eigenvalue weighted by Gasteiger charge is 1.99. The van der Waals surface area contributed by atoms with Crippen molar-refractivity contribution in [3.8, 4) is 0 Å². The van der Waals surface area contributed by atoms with Crippen molar-refractivity contribution in [3.05, 3.63) is 60.7 Å². The second-order valence-corrected chi connectivity index (χ2v) is 3.75. The monoisotopic (exact) mass is 212 g/mol. The SMILES string of the molecule is C=CCOCCc1cccc2ccccc12. The summed E-state index contributed by atoms with van der Waals surface area (Å²) in [5, 5.41) is 2.62. The van der Waals surface area contributed by atoms with Gasteiger partial charge in [-0.25, -0.2) is 0 Å². The van der Waals surface area contributed by atoms with E-state index in [2.05, 4.69) is 49.0 Å². The van der Waals surface area contributed by atoms with Gasteiger partial charge in [0.1, 0.15) is 0 Å². The van der Waals surface area contributed by atoms with E-state index in [-0.39, 0.29) is 0 Å². The summed E-state index contributed by atoms with van der Waals surface area (Å²) >= 11 is 0. The average molecular weight is 212 g/mol. The first kappa shape index (κ1) is 10.9. The molecule has 0 radical (unpaired) electrons. The molecule has 2 rings (SSSR count). The Morgan fingerprint density at radius 1 is 1.06 bits per heavy atom. The van der Waals surface area contributed by atoms with E-state index in [1.165, 1.54) is 16.3 Å². The zero-order valence-corrected chi connectivity index (χ0v) is 9.36. The number of hydrogen-bond acceptors (Lipinski definition) is 1. The van der Waals surface area contributed by atoms with Gasteiger partial charge in [0.15, 0.2) is 0 Å². The van der Waals surface area contributed by atoms with Gasteiger partial charge in [0, 0.05) is 0 Å². The average Bonchev–Trinajstić information content (AvgIpc) is 2.35. The van der Waals surface area contributed by atoms with Crippen molar-refractivity contribution in [1.29, 1.82) is 0 Å². The highest BCUT2D eigenvalue weighted by atomic mass is 16.5. The van der Waals surface area contributed by atoms with Crippen LogP contribution in [0.4, 0.5) is 0 Å². The van der Waals surface area contributed by atoms with Crippen molar-refractivity contribution in [3.63, 3.8) is 0 Å². The number of fused-ring (bicyclic) bond motifs is 1. The van der Waals surface area contributed by atoms with Crippen molar-refractivity contribution >= 4 is 10.8 Å². The normalized spacial score (nSPS) is 10.5. The lowest BCUT2D eigenvalue weighted by molar-refractivity contribution is 0.166. The molecular formula is C15H16O. The zero-order valence-electron chi connectivity index (χ0n) is 9.36. The molecule has 0 spiro atoms. The third-order valence-corrected chi connectivity index (χ3v) is 2.63. The fraction of sp³-hybridized carbons (Fsp3) is 0.200. The summed E-state index contributed by atoms with van der Waals surface area (Å²) in [6.07, 6.45) is 2.73. The molecule has 0 amide bonds. The van der Waals surface area contributed by atoms with Gasteiger partial charge in [0.05, 0.1) is 13.2 Å². The number of rotatable bonds is 5. The molecule has 0 aliphatic rings. The van der Waals surface area contributed by atoms with Crippen LogP contribution in [0.25, 0.3) is 10.8 Å². The predicted octanol–water partition coefficient (Wildman–Crippen LogP) is 3.58. The molecular weight excluding hydrogens is 196 g/mol. The molecule has 0 atom stereocenters. The van der Waals surface area contributed by atoms with E-state index in [1.54, 1.807) is 6.08 Å². The van der Waals surface area contributed by atoms with Crippen molar-refractivity contribution in [2.75, 3.05) is 13.2 Å². The molecule has 1 heteroatoms. The molecule has 2 aromatic carbocycles. The summed E-state index contributed by atoms with van der Waals surface area (Å²) in [4.78, 5) is 0. The van der Waals surface area contributed by atoms with E-state index in [4.69, 9.17) is 4.74 Å². The maximum Gasteiger partial charge on any atom is 0.0644 e. The molecule has 82 valence electrons. The molecule has 0 saturated carbocycles. The highest BCUT2D eigenvalue weighted by Crippen LogP contribution is 2.18. The molecule has 16 heavy (non-hydrogen) atoms. The van der Waals surface area contributed by atoms with Gasteiger partial charge in [-0.05, 0) is 22.8 Å². The van der Waals surface area contributed by atoms with Crippen LogP contribution < -0.4 is 0 Å². The van der Waals surface area contributed by atoms with Crippen molar-refractivity contribution in [2.24, 2.45) is 0 Å². The Morgan fingerprint density at radius 2 is 1.88 bits per heavy atom. The van der Waals surface area contributed by atoms with E-state index in [9.17, 15) is 0 Å². The van der Waals surface area contributed by atoms with Gasteiger partial charge in [0.25, 0.3) is 0 Å². The van der Waals surface area contributed by atoms with Crippen LogP contribution in [-0.2, 0) is 11.2 Å². The van der Waals surface area contributed by atoms with E-state index >= 15 is 0 Å². The lowest BCUT2D eigenvalue weighted by atomic mass is 10.0. The van der Waals surface area contributed by atoms with Gasteiger partial charge in [-0.15, -0.1) is 6.58 Å². The van der Waals surface area contributed by atoms with Gasteiger partial charge in [-0.1, -0.05) is 48.5 Å². The topological polar surface area (TPSA) is 9.23 Å². The Labute approximate surface area is 96.4 Å². The second kappa shape index (κ2) is 5.47. The molecule has 0 fully saturated rings. The number of hydrogen-bond donors (Lipinski definition) is 0. The largest absolute Gasteiger partial charge is 0.377 e. The molecule has 0 aliphatic carbocycles.